The van der Waals surface area contributed by atoms with Gasteiger partial charge in [0.05, 0.1) is 5.52 Å². The fourth-order valence-electron chi connectivity index (χ4n) is 2.23. The molecule has 0 radical (unpaired) electrons. The number of fused-ring (bicyclic) bond motifs is 1. The van der Waals surface area contributed by atoms with E-state index >= 15 is 0 Å². The van der Waals surface area contributed by atoms with E-state index in [-0.39, 0.29) is 6.04 Å². The highest BCUT2D eigenvalue weighted by atomic mass is 35.5. The summed E-state index contributed by atoms with van der Waals surface area (Å²) in [5.41, 5.74) is 8.45. The highest BCUT2D eigenvalue weighted by Gasteiger charge is 2.09. The van der Waals surface area contributed by atoms with E-state index in [0.29, 0.717) is 5.69 Å². The van der Waals surface area contributed by atoms with E-state index in [9.17, 15) is 0 Å². The zero-order valence-electron chi connectivity index (χ0n) is 11.5. The minimum atomic E-state index is 0.109. The first-order valence-corrected chi connectivity index (χ1v) is 7.03. The first kappa shape index (κ1) is 13.6. The lowest BCUT2D eigenvalue weighted by atomic mass is 10.1. The highest BCUT2D eigenvalue weighted by molar-refractivity contribution is 6.30. The Morgan fingerprint density at radius 2 is 1.86 bits per heavy atom. The van der Waals surface area contributed by atoms with Crippen LogP contribution in [0.25, 0.3) is 10.9 Å². The summed E-state index contributed by atoms with van der Waals surface area (Å²) < 4.78 is 0. The van der Waals surface area contributed by atoms with E-state index in [4.69, 9.17) is 17.3 Å². The van der Waals surface area contributed by atoms with Crippen molar-refractivity contribution in [3.05, 3.63) is 59.4 Å². The quantitative estimate of drug-likeness (QED) is 0.716. The number of halogens is 1. The van der Waals surface area contributed by atoms with Crippen LogP contribution < -0.4 is 11.1 Å². The van der Waals surface area contributed by atoms with Crippen LogP contribution in [0.4, 0.5) is 11.5 Å². The fourth-order valence-corrected chi connectivity index (χ4v) is 2.35. The van der Waals surface area contributed by atoms with Crippen molar-refractivity contribution >= 4 is 34.0 Å². The van der Waals surface area contributed by atoms with Crippen LogP contribution in [0.1, 0.15) is 18.5 Å². The predicted molar refractivity (Wildman–Crippen MR) is 87.4 cm³/mol. The van der Waals surface area contributed by atoms with Crippen molar-refractivity contribution in [2.24, 2.45) is 0 Å². The molecular weight excluding hydrogens is 284 g/mol. The molecule has 3 N–H and O–H groups in total. The Balaban J connectivity index is 1.92. The van der Waals surface area contributed by atoms with Gasteiger partial charge in [-0.05, 0) is 42.8 Å². The maximum atomic E-state index is 5.92. The van der Waals surface area contributed by atoms with Gasteiger partial charge in [0.15, 0.2) is 0 Å². The van der Waals surface area contributed by atoms with Gasteiger partial charge in [-0.15, -0.1) is 0 Å². The SMILES string of the molecule is CC(Nc1ncnc2cc(N)ccc12)c1ccc(Cl)cc1. The van der Waals surface area contributed by atoms with E-state index in [1.54, 1.807) is 6.33 Å². The zero-order chi connectivity index (χ0) is 14.8. The van der Waals surface area contributed by atoms with Crippen LogP contribution >= 0.6 is 11.6 Å². The summed E-state index contributed by atoms with van der Waals surface area (Å²) in [5, 5.41) is 5.09. The Morgan fingerprint density at radius 1 is 1.10 bits per heavy atom. The van der Waals surface area contributed by atoms with E-state index < -0.39 is 0 Å². The molecule has 1 atom stereocenters. The van der Waals surface area contributed by atoms with Gasteiger partial charge in [0, 0.05) is 22.1 Å². The molecule has 1 heterocycles. The van der Waals surface area contributed by atoms with Crippen LogP contribution in [-0.2, 0) is 0 Å². The van der Waals surface area contributed by atoms with Gasteiger partial charge in [0.25, 0.3) is 0 Å². The van der Waals surface area contributed by atoms with E-state index in [1.165, 1.54) is 0 Å². The molecule has 2 aromatic carbocycles. The number of aromatic nitrogens is 2. The molecule has 0 amide bonds. The molecule has 106 valence electrons. The number of benzene rings is 2. The number of nitrogens with two attached hydrogens (primary N) is 1. The number of nitrogens with zero attached hydrogens (tertiary/aromatic N) is 2. The summed E-state index contributed by atoms with van der Waals surface area (Å²) in [6.07, 6.45) is 1.54. The molecule has 4 nitrogen and oxygen atoms in total. The standard InChI is InChI=1S/C16H15ClN4/c1-10(11-2-4-12(17)5-3-11)21-16-14-7-6-13(18)8-15(14)19-9-20-16/h2-10H,18H2,1H3,(H,19,20,21). The lowest BCUT2D eigenvalue weighted by molar-refractivity contribution is 0.876. The van der Waals surface area contributed by atoms with E-state index in [0.717, 1.165) is 27.3 Å². The Kier molecular flexibility index (Phi) is 3.62. The minimum absolute atomic E-state index is 0.109. The van der Waals surface area contributed by atoms with Crippen molar-refractivity contribution in [3.8, 4) is 0 Å². The molecule has 5 heteroatoms. The summed E-state index contributed by atoms with van der Waals surface area (Å²) >= 11 is 5.92. The zero-order valence-corrected chi connectivity index (χ0v) is 12.3. The Bertz CT molecular complexity index is 771. The Labute approximate surface area is 128 Å². The number of anilines is 2. The third-order valence-electron chi connectivity index (χ3n) is 3.38. The second kappa shape index (κ2) is 5.58. The second-order valence-electron chi connectivity index (χ2n) is 4.92. The molecule has 3 rings (SSSR count). The van der Waals surface area contributed by atoms with E-state index in [2.05, 4.69) is 22.2 Å². The molecule has 0 aliphatic rings. The molecule has 1 aromatic heterocycles. The van der Waals surface area contributed by atoms with Crippen LogP contribution in [0.3, 0.4) is 0 Å². The van der Waals surface area contributed by atoms with E-state index in [1.807, 2.05) is 42.5 Å². The lowest BCUT2D eigenvalue weighted by Crippen LogP contribution is -2.08. The topological polar surface area (TPSA) is 63.8 Å². The average Bonchev–Trinajstić information content (AvgIpc) is 2.47. The number of nitrogens with one attached hydrogen (secondary N) is 1. The monoisotopic (exact) mass is 298 g/mol. The molecule has 0 fully saturated rings. The average molecular weight is 299 g/mol. The summed E-state index contributed by atoms with van der Waals surface area (Å²) in [4.78, 5) is 8.58. The molecule has 0 aliphatic heterocycles. The molecule has 1 unspecified atom stereocenters. The minimum Gasteiger partial charge on any atom is -0.399 e. The molecule has 0 aliphatic carbocycles. The number of nitrogen functional groups attached to an aromatic ring is 1. The second-order valence-corrected chi connectivity index (χ2v) is 5.35. The van der Waals surface area contributed by atoms with Gasteiger partial charge in [-0.25, -0.2) is 9.97 Å². The van der Waals surface area contributed by atoms with Crippen LogP contribution in [0.2, 0.25) is 5.02 Å². The molecule has 0 spiro atoms. The third-order valence-corrected chi connectivity index (χ3v) is 3.64. The van der Waals surface area contributed by atoms with Gasteiger partial charge >= 0.3 is 0 Å². The molecule has 3 aromatic rings. The van der Waals surface area contributed by atoms with Crippen LogP contribution in [0, 0.1) is 0 Å². The first-order valence-electron chi connectivity index (χ1n) is 6.66. The van der Waals surface area contributed by atoms with Crippen molar-refractivity contribution in [1.29, 1.82) is 0 Å². The Hall–Kier alpha value is -2.33. The summed E-state index contributed by atoms with van der Waals surface area (Å²) in [6, 6.07) is 13.5. The number of hydrogen-bond acceptors (Lipinski definition) is 4. The van der Waals surface area contributed by atoms with Gasteiger partial charge < -0.3 is 11.1 Å². The van der Waals surface area contributed by atoms with Crippen molar-refractivity contribution < 1.29 is 0 Å². The predicted octanol–water partition coefficient (Wildman–Crippen LogP) is 4.04. The lowest BCUT2D eigenvalue weighted by Gasteiger charge is -2.16. The highest BCUT2D eigenvalue weighted by Crippen LogP contribution is 2.25. The Morgan fingerprint density at radius 3 is 2.62 bits per heavy atom. The molecule has 0 saturated heterocycles. The number of rotatable bonds is 3. The van der Waals surface area contributed by atoms with Crippen molar-refractivity contribution in [2.75, 3.05) is 11.1 Å². The van der Waals surface area contributed by atoms with Crippen LogP contribution in [0.15, 0.2) is 48.8 Å². The van der Waals surface area contributed by atoms with Gasteiger partial charge in [-0.2, -0.15) is 0 Å². The summed E-state index contributed by atoms with van der Waals surface area (Å²) in [6.45, 7) is 2.08. The van der Waals surface area contributed by atoms with Crippen LogP contribution in [0.5, 0.6) is 0 Å². The maximum Gasteiger partial charge on any atom is 0.137 e. The summed E-state index contributed by atoms with van der Waals surface area (Å²) in [5.74, 6) is 0.794. The normalized spacial score (nSPS) is 12.3. The van der Waals surface area contributed by atoms with Gasteiger partial charge in [-0.3, -0.25) is 0 Å². The molecular formula is C16H15ClN4. The fraction of sp³-hybridized carbons (Fsp3) is 0.125. The van der Waals surface area contributed by atoms with Crippen LogP contribution in [-0.4, -0.2) is 9.97 Å². The number of hydrogen-bond donors (Lipinski definition) is 2. The van der Waals surface area contributed by atoms with Crippen molar-refractivity contribution in [3.63, 3.8) is 0 Å². The molecule has 0 saturated carbocycles. The van der Waals surface area contributed by atoms with Gasteiger partial charge in [-0.1, -0.05) is 23.7 Å². The van der Waals surface area contributed by atoms with Crippen molar-refractivity contribution in [1.82, 2.24) is 9.97 Å². The van der Waals surface area contributed by atoms with Crippen molar-refractivity contribution in [2.45, 2.75) is 13.0 Å². The maximum absolute atomic E-state index is 5.92. The smallest absolute Gasteiger partial charge is 0.137 e. The largest absolute Gasteiger partial charge is 0.399 e. The molecule has 0 bridgehead atoms. The van der Waals surface area contributed by atoms with Gasteiger partial charge in [0.2, 0.25) is 0 Å². The third kappa shape index (κ3) is 2.90. The van der Waals surface area contributed by atoms with Gasteiger partial charge in [0.1, 0.15) is 12.1 Å². The first-order chi connectivity index (χ1) is 10.1. The molecule has 21 heavy (non-hydrogen) atoms. The summed E-state index contributed by atoms with van der Waals surface area (Å²) in [7, 11) is 0.